The fourth-order valence-corrected chi connectivity index (χ4v) is 5.50. The van der Waals surface area contributed by atoms with Crippen LogP contribution in [0, 0.1) is 11.7 Å². The standard InChI is InChI=1S/C24H23ClFN7O5S/c1-31-22(23(34)28-15-4-6-20(26)19(25)7-15)18-5-3-16(8-21(18)29-31)30-39(36,37)17-9-27-33(13-17)12-14-10-32(11-14)24(35)38-2/h3-9,13-14,30H,10-12H2,1-2H3,(H,28,34). The summed E-state index contributed by atoms with van der Waals surface area (Å²) in [5.74, 6) is -0.955. The van der Waals surface area contributed by atoms with Crippen LogP contribution in [0.5, 0.6) is 0 Å². The summed E-state index contributed by atoms with van der Waals surface area (Å²) in [7, 11) is -1.06. The molecule has 0 atom stereocenters. The minimum atomic E-state index is -3.96. The number of sulfonamides is 1. The van der Waals surface area contributed by atoms with E-state index in [1.807, 2.05) is 0 Å². The zero-order valence-corrected chi connectivity index (χ0v) is 22.3. The normalized spacial score (nSPS) is 13.8. The lowest BCUT2D eigenvalue weighted by atomic mass is 10.0. The molecular weight excluding hydrogens is 553 g/mol. The molecular formula is C24H23ClFN7O5S. The second kappa shape index (κ2) is 10.2. The number of hydrogen-bond acceptors (Lipinski definition) is 7. The molecule has 0 spiro atoms. The van der Waals surface area contributed by atoms with Crippen LogP contribution in [0.2, 0.25) is 5.02 Å². The third kappa shape index (κ3) is 5.38. The fraction of sp³-hybridized carbons (Fsp3) is 0.250. The zero-order valence-electron chi connectivity index (χ0n) is 20.8. The molecule has 39 heavy (non-hydrogen) atoms. The number of benzene rings is 2. The first kappa shape index (κ1) is 26.4. The lowest BCUT2D eigenvalue weighted by Gasteiger charge is -2.37. The highest BCUT2D eigenvalue weighted by molar-refractivity contribution is 7.92. The molecule has 0 bridgehead atoms. The van der Waals surface area contributed by atoms with E-state index in [4.69, 9.17) is 11.6 Å². The van der Waals surface area contributed by atoms with Gasteiger partial charge in [-0.2, -0.15) is 10.2 Å². The topological polar surface area (TPSA) is 140 Å². The number of halogens is 2. The Morgan fingerprint density at radius 1 is 1.18 bits per heavy atom. The van der Waals surface area contributed by atoms with Gasteiger partial charge in [0.2, 0.25) is 0 Å². The maximum atomic E-state index is 13.4. The Morgan fingerprint density at radius 3 is 2.64 bits per heavy atom. The Bertz CT molecular complexity index is 1700. The van der Waals surface area contributed by atoms with Crippen molar-refractivity contribution in [2.45, 2.75) is 11.4 Å². The number of amides is 2. The number of carbonyl (C=O) groups is 2. The molecule has 5 rings (SSSR count). The highest BCUT2D eigenvalue weighted by Crippen LogP contribution is 2.26. The van der Waals surface area contributed by atoms with E-state index in [2.05, 4.69) is 25.0 Å². The van der Waals surface area contributed by atoms with Gasteiger partial charge >= 0.3 is 6.09 Å². The van der Waals surface area contributed by atoms with Gasteiger partial charge in [0.1, 0.15) is 16.4 Å². The van der Waals surface area contributed by atoms with Crippen LogP contribution in [0.25, 0.3) is 10.9 Å². The number of aryl methyl sites for hydroxylation is 1. The molecule has 1 aliphatic heterocycles. The molecule has 0 unspecified atom stereocenters. The molecule has 1 saturated heterocycles. The number of rotatable bonds is 7. The summed E-state index contributed by atoms with van der Waals surface area (Å²) < 4.78 is 49.5. The van der Waals surface area contributed by atoms with Gasteiger partial charge in [-0.05, 0) is 36.4 Å². The van der Waals surface area contributed by atoms with Crippen molar-refractivity contribution in [1.82, 2.24) is 24.5 Å². The second-order valence-corrected chi connectivity index (χ2v) is 11.1. The molecule has 0 saturated carbocycles. The first-order valence-electron chi connectivity index (χ1n) is 11.7. The van der Waals surface area contributed by atoms with Crippen LogP contribution in [0.1, 0.15) is 10.5 Å². The molecule has 2 aromatic carbocycles. The van der Waals surface area contributed by atoms with E-state index in [0.717, 1.165) is 6.07 Å². The van der Waals surface area contributed by atoms with Crippen molar-refractivity contribution < 1.29 is 27.1 Å². The Kier molecular flexibility index (Phi) is 6.91. The Hall–Kier alpha value is -4.17. The van der Waals surface area contributed by atoms with Gasteiger partial charge in [-0.15, -0.1) is 0 Å². The summed E-state index contributed by atoms with van der Waals surface area (Å²) in [5.41, 5.74) is 1.17. The number of carbonyl (C=O) groups excluding carboxylic acids is 2. The third-order valence-corrected chi connectivity index (χ3v) is 7.86. The van der Waals surface area contributed by atoms with Gasteiger partial charge in [-0.25, -0.2) is 17.6 Å². The number of nitrogens with zero attached hydrogens (tertiary/aromatic N) is 5. The largest absolute Gasteiger partial charge is 0.453 e. The minimum Gasteiger partial charge on any atom is -0.453 e. The molecule has 15 heteroatoms. The van der Waals surface area contributed by atoms with E-state index in [0.29, 0.717) is 36.2 Å². The maximum Gasteiger partial charge on any atom is 0.409 e. The summed E-state index contributed by atoms with van der Waals surface area (Å²) >= 11 is 5.79. The zero-order chi connectivity index (χ0) is 27.9. The Morgan fingerprint density at radius 2 is 1.92 bits per heavy atom. The van der Waals surface area contributed by atoms with Gasteiger partial charge in [-0.3, -0.25) is 18.9 Å². The van der Waals surface area contributed by atoms with Crippen molar-refractivity contribution in [2.75, 3.05) is 30.2 Å². The van der Waals surface area contributed by atoms with Crippen LogP contribution in [0.4, 0.5) is 20.6 Å². The van der Waals surface area contributed by atoms with Crippen molar-refractivity contribution in [1.29, 1.82) is 0 Å². The molecule has 2 amide bonds. The van der Waals surface area contributed by atoms with Gasteiger partial charge in [-0.1, -0.05) is 11.6 Å². The first-order valence-corrected chi connectivity index (χ1v) is 13.5. The number of anilines is 2. The maximum absolute atomic E-state index is 13.4. The van der Waals surface area contributed by atoms with E-state index in [-0.39, 0.29) is 27.2 Å². The smallest absolute Gasteiger partial charge is 0.409 e. The average molecular weight is 576 g/mol. The number of aromatic nitrogens is 4. The van der Waals surface area contributed by atoms with E-state index in [9.17, 15) is 22.4 Å². The summed E-state index contributed by atoms with van der Waals surface area (Å²) in [6.07, 6.45) is 2.28. The fourth-order valence-electron chi connectivity index (χ4n) is 4.32. The SMILES string of the molecule is COC(=O)N1CC(Cn2cc(S(=O)(=O)Nc3ccc4c(C(=O)Nc5ccc(F)c(Cl)c5)n(C)nc4c3)cn2)C1. The van der Waals surface area contributed by atoms with Gasteiger partial charge < -0.3 is 15.0 Å². The number of hydrogen-bond donors (Lipinski definition) is 2. The average Bonchev–Trinajstić information content (AvgIpc) is 3.46. The summed E-state index contributed by atoms with van der Waals surface area (Å²) in [6.45, 7) is 1.47. The Labute approximate surface area is 227 Å². The summed E-state index contributed by atoms with van der Waals surface area (Å²) in [4.78, 5) is 25.9. The highest BCUT2D eigenvalue weighted by Gasteiger charge is 2.32. The lowest BCUT2D eigenvalue weighted by molar-refractivity contribution is 0.0603. The van der Waals surface area contributed by atoms with Crippen LogP contribution < -0.4 is 10.0 Å². The number of likely N-dealkylation sites (tertiary alicyclic amines) is 1. The second-order valence-electron chi connectivity index (χ2n) is 9.03. The molecule has 2 N–H and O–H groups in total. The van der Waals surface area contributed by atoms with Crippen molar-refractivity contribution >= 4 is 55.9 Å². The van der Waals surface area contributed by atoms with Crippen molar-refractivity contribution in [2.24, 2.45) is 13.0 Å². The van der Waals surface area contributed by atoms with Crippen molar-refractivity contribution in [3.63, 3.8) is 0 Å². The van der Waals surface area contributed by atoms with E-state index in [1.54, 1.807) is 18.0 Å². The van der Waals surface area contributed by atoms with Gasteiger partial charge in [0, 0.05) is 49.9 Å². The van der Waals surface area contributed by atoms with Crippen LogP contribution >= 0.6 is 11.6 Å². The van der Waals surface area contributed by atoms with E-state index in [1.165, 1.54) is 53.1 Å². The minimum absolute atomic E-state index is 0.0224. The van der Waals surface area contributed by atoms with Gasteiger partial charge in [0.25, 0.3) is 15.9 Å². The van der Waals surface area contributed by atoms with Crippen molar-refractivity contribution in [3.8, 4) is 0 Å². The number of fused-ring (bicyclic) bond motifs is 1. The molecule has 1 aliphatic rings. The quantitative estimate of drug-likeness (QED) is 0.344. The molecule has 3 heterocycles. The van der Waals surface area contributed by atoms with Gasteiger partial charge in [0.05, 0.1) is 29.5 Å². The van der Waals surface area contributed by atoms with E-state index >= 15 is 0 Å². The predicted molar refractivity (Wildman–Crippen MR) is 141 cm³/mol. The molecule has 0 radical (unpaired) electrons. The number of ether oxygens (including phenoxy) is 1. The monoisotopic (exact) mass is 575 g/mol. The summed E-state index contributed by atoms with van der Waals surface area (Å²) in [5, 5.41) is 11.5. The molecule has 0 aliphatic carbocycles. The Balaban J connectivity index is 1.28. The van der Waals surface area contributed by atoms with Crippen LogP contribution in [-0.4, -0.2) is 65.1 Å². The van der Waals surface area contributed by atoms with Crippen LogP contribution in [0.3, 0.4) is 0 Å². The molecule has 4 aromatic rings. The number of methoxy groups -OCH3 is 1. The number of nitrogens with one attached hydrogen (secondary N) is 2. The molecule has 204 valence electrons. The highest BCUT2D eigenvalue weighted by atomic mass is 35.5. The molecule has 12 nitrogen and oxygen atoms in total. The van der Waals surface area contributed by atoms with Crippen molar-refractivity contribution in [3.05, 3.63) is 65.3 Å². The lowest BCUT2D eigenvalue weighted by Crippen LogP contribution is -2.51. The predicted octanol–water partition coefficient (Wildman–Crippen LogP) is 3.31. The first-order chi connectivity index (χ1) is 18.5. The van der Waals surface area contributed by atoms with Crippen LogP contribution in [-0.2, 0) is 28.4 Å². The third-order valence-electron chi connectivity index (χ3n) is 6.23. The molecule has 2 aromatic heterocycles. The van der Waals surface area contributed by atoms with Gasteiger partial charge in [0.15, 0.2) is 0 Å². The van der Waals surface area contributed by atoms with Crippen LogP contribution in [0.15, 0.2) is 53.7 Å². The van der Waals surface area contributed by atoms with E-state index < -0.39 is 27.8 Å². The summed E-state index contributed by atoms with van der Waals surface area (Å²) in [6, 6.07) is 8.44. The molecule has 1 fully saturated rings.